The molecule has 358 valence electrons. The molecule has 0 radical (unpaired) electrons. The van der Waals surface area contributed by atoms with Gasteiger partial charge in [0.1, 0.15) is 0 Å². The van der Waals surface area contributed by atoms with Crippen LogP contribution in [0, 0.1) is 0 Å². The van der Waals surface area contributed by atoms with Crippen molar-refractivity contribution in [3.63, 3.8) is 0 Å². The normalized spacial score (nSPS) is 16.6. The van der Waals surface area contributed by atoms with Gasteiger partial charge in [-0.15, -0.1) is 0 Å². The zero-order valence-corrected chi connectivity index (χ0v) is 41.8. The molecule has 4 nitrogen and oxygen atoms in total. The minimum atomic E-state index is -0.890. The predicted octanol–water partition coefficient (Wildman–Crippen LogP) is 17.5. The molecule has 4 aliphatic rings. The maximum absolute atomic E-state index is 2.70. The van der Waals surface area contributed by atoms with Crippen molar-refractivity contribution in [3.8, 4) is 11.1 Å². The third kappa shape index (κ3) is 4.96. The Kier molecular flexibility index (Phi) is 7.91. The van der Waals surface area contributed by atoms with Crippen molar-refractivity contribution in [3.05, 3.63) is 313 Å². The van der Waals surface area contributed by atoms with Crippen LogP contribution in [0.5, 0.6) is 0 Å². The van der Waals surface area contributed by atoms with Crippen LogP contribution < -0.4 is 0 Å². The summed E-state index contributed by atoms with van der Waals surface area (Å²) in [5, 5.41) is 9.88. The Morgan fingerprint density at radius 2 is 0.455 bits per heavy atom. The average Bonchev–Trinajstić information content (AvgIpc) is 3.91. The van der Waals surface area contributed by atoms with Crippen molar-refractivity contribution in [2.75, 3.05) is 0 Å². The first-order chi connectivity index (χ1) is 38.2. The first-order valence-electron chi connectivity index (χ1n) is 26.9. The third-order valence-electron chi connectivity index (χ3n) is 18.1. The fourth-order valence-electron chi connectivity index (χ4n) is 15.3. The maximum atomic E-state index is 2.70. The van der Waals surface area contributed by atoms with Gasteiger partial charge in [-0.25, -0.2) is 0 Å². The van der Waals surface area contributed by atoms with Gasteiger partial charge in [0.2, 0.25) is 0 Å². The molecular formula is C73H46N4. The number of para-hydroxylation sites is 8. The van der Waals surface area contributed by atoms with Crippen molar-refractivity contribution in [1.29, 1.82) is 0 Å². The molecule has 0 bridgehead atoms. The van der Waals surface area contributed by atoms with E-state index in [1.807, 2.05) is 0 Å². The van der Waals surface area contributed by atoms with Gasteiger partial charge in [0, 0.05) is 43.1 Å². The quantitative estimate of drug-likeness (QED) is 0.167. The number of rotatable bonds is 4. The molecule has 18 rings (SSSR count). The molecule has 4 aromatic heterocycles. The lowest BCUT2D eigenvalue weighted by Gasteiger charge is -2.42. The molecule has 0 fully saturated rings. The minimum Gasteiger partial charge on any atom is -0.309 e. The summed E-state index contributed by atoms with van der Waals surface area (Å²) in [6.07, 6.45) is 15.4. The van der Waals surface area contributed by atoms with Crippen LogP contribution in [0.3, 0.4) is 0 Å². The van der Waals surface area contributed by atoms with E-state index in [4.69, 9.17) is 0 Å². The predicted molar refractivity (Wildman–Crippen MR) is 319 cm³/mol. The van der Waals surface area contributed by atoms with Crippen LogP contribution in [0.15, 0.2) is 301 Å². The molecule has 0 saturated heterocycles. The van der Waals surface area contributed by atoms with E-state index >= 15 is 0 Å². The topological polar surface area (TPSA) is 19.7 Å². The largest absolute Gasteiger partial charge is 0.309 e. The fourth-order valence-corrected chi connectivity index (χ4v) is 15.3. The molecule has 4 heterocycles. The minimum absolute atomic E-state index is 0.751. The monoisotopic (exact) mass is 978 g/mol. The van der Waals surface area contributed by atoms with Crippen LogP contribution in [0.4, 0.5) is 0 Å². The van der Waals surface area contributed by atoms with Gasteiger partial charge in [-0.05, 0) is 117 Å². The van der Waals surface area contributed by atoms with Crippen molar-refractivity contribution in [1.82, 2.24) is 18.3 Å². The Balaban J connectivity index is 1.05. The van der Waals surface area contributed by atoms with Crippen LogP contribution in [-0.4, -0.2) is 18.3 Å². The Morgan fingerprint density at radius 1 is 0.234 bits per heavy atom. The fraction of sp³-hybridized carbons (Fsp3) is 0.0411. The van der Waals surface area contributed by atoms with Gasteiger partial charge < -0.3 is 18.3 Å². The molecule has 0 amide bonds. The Hall–Kier alpha value is -9.90. The van der Waals surface area contributed by atoms with Gasteiger partial charge in [-0.1, -0.05) is 206 Å². The van der Waals surface area contributed by atoms with Crippen molar-refractivity contribution in [2.24, 2.45) is 0 Å². The molecule has 14 aromatic rings. The summed E-state index contributed by atoms with van der Waals surface area (Å²) in [5.41, 5.74) is 17.1. The number of nitrogens with zero attached hydrogens (tertiary/aromatic N) is 4. The van der Waals surface area contributed by atoms with E-state index in [9.17, 15) is 0 Å². The SMILES string of the molecule is C1=CC(n2c3ccccc3c3ccccc32)(n2c3ccccc3c3ccccc32)C=C2C1=C1C=CC(n3c4ccccc4c4ccccc43)(n3c4ccccc4c4ccccc43)C=C1C21c2ccccc2-c2ccccc21. The highest BCUT2D eigenvalue weighted by Crippen LogP contribution is 2.67. The second-order valence-corrected chi connectivity index (χ2v) is 21.5. The van der Waals surface area contributed by atoms with Gasteiger partial charge in [0.15, 0.2) is 11.3 Å². The third-order valence-corrected chi connectivity index (χ3v) is 18.1. The van der Waals surface area contributed by atoms with Crippen molar-refractivity contribution >= 4 is 87.2 Å². The molecule has 77 heavy (non-hydrogen) atoms. The molecule has 1 spiro atoms. The van der Waals surface area contributed by atoms with Gasteiger partial charge in [-0.2, -0.15) is 0 Å². The smallest absolute Gasteiger partial charge is 0.161 e. The number of hydrogen-bond acceptors (Lipinski definition) is 0. The summed E-state index contributed by atoms with van der Waals surface area (Å²) in [5.74, 6) is 0. The van der Waals surface area contributed by atoms with Crippen molar-refractivity contribution in [2.45, 2.75) is 16.7 Å². The lowest BCUT2D eigenvalue weighted by molar-refractivity contribution is 0.427. The van der Waals surface area contributed by atoms with E-state index in [0.717, 1.165) is 0 Å². The van der Waals surface area contributed by atoms with Crippen molar-refractivity contribution < 1.29 is 0 Å². The first kappa shape index (κ1) is 41.5. The molecule has 0 unspecified atom stereocenters. The van der Waals surface area contributed by atoms with Crippen LogP contribution in [0.2, 0.25) is 0 Å². The van der Waals surface area contributed by atoms with E-state index in [1.54, 1.807) is 0 Å². The van der Waals surface area contributed by atoms with E-state index in [-0.39, 0.29) is 0 Å². The zero-order valence-electron chi connectivity index (χ0n) is 41.8. The molecular weight excluding hydrogens is 933 g/mol. The number of hydrogen-bond donors (Lipinski definition) is 0. The highest BCUT2D eigenvalue weighted by atomic mass is 15.3. The Labute approximate surface area is 443 Å². The van der Waals surface area contributed by atoms with E-state index in [2.05, 4.69) is 297 Å². The Morgan fingerprint density at radius 3 is 0.714 bits per heavy atom. The molecule has 0 N–H and O–H groups in total. The summed E-state index contributed by atoms with van der Waals surface area (Å²) < 4.78 is 10.6. The average molecular weight is 979 g/mol. The van der Waals surface area contributed by atoms with Gasteiger partial charge in [0.05, 0.1) is 49.5 Å². The van der Waals surface area contributed by atoms with Gasteiger partial charge in [-0.3, -0.25) is 0 Å². The lowest BCUT2D eigenvalue weighted by atomic mass is 9.66. The summed E-state index contributed by atoms with van der Waals surface area (Å²) in [6, 6.07) is 90.7. The van der Waals surface area contributed by atoms with E-state index in [1.165, 1.54) is 132 Å². The first-order valence-corrected chi connectivity index (χ1v) is 26.9. The zero-order chi connectivity index (χ0) is 50.2. The molecule has 4 heteroatoms. The Bertz CT molecular complexity index is 4360. The molecule has 4 aliphatic carbocycles. The van der Waals surface area contributed by atoms with E-state index < -0.39 is 16.7 Å². The van der Waals surface area contributed by atoms with Crippen LogP contribution in [-0.2, 0) is 16.7 Å². The van der Waals surface area contributed by atoms with Gasteiger partial charge >= 0.3 is 0 Å². The van der Waals surface area contributed by atoms with Gasteiger partial charge in [0.25, 0.3) is 0 Å². The highest BCUT2D eigenvalue weighted by molar-refractivity contribution is 6.13. The highest BCUT2D eigenvalue weighted by Gasteiger charge is 2.58. The number of allylic oxidation sites excluding steroid dienone is 10. The molecule has 0 atom stereocenters. The second-order valence-electron chi connectivity index (χ2n) is 21.5. The molecule has 10 aromatic carbocycles. The van der Waals surface area contributed by atoms with Crippen LogP contribution >= 0.6 is 0 Å². The van der Waals surface area contributed by atoms with Crippen LogP contribution in [0.1, 0.15) is 11.1 Å². The molecule has 0 aliphatic heterocycles. The number of benzene rings is 10. The lowest BCUT2D eigenvalue weighted by Crippen LogP contribution is -2.42. The summed E-state index contributed by atoms with van der Waals surface area (Å²) >= 11 is 0. The number of aromatic nitrogens is 4. The second kappa shape index (κ2) is 14.7. The summed E-state index contributed by atoms with van der Waals surface area (Å²) in [4.78, 5) is 0. The summed E-state index contributed by atoms with van der Waals surface area (Å²) in [7, 11) is 0. The number of fused-ring (bicyclic) bond motifs is 21. The summed E-state index contributed by atoms with van der Waals surface area (Å²) in [6.45, 7) is 0. The standard InChI is InChI=1S/C73H46N4/c1-11-31-59-47(21-1)48-22-2-12-32-60(48)73(59)61-45-71(74-63-33-13-3-23-51(63)52-24-4-14-34-64(52)74,75-65-35-15-5-25-53(65)54-26-6-16-36-66(54)75)43-41-49(61)50-42-44-72(46-62(50)73,76-67-37-17-7-27-55(67)56-28-8-18-38-68(56)76)77-69-39-19-9-29-57(69)58-30-10-20-40-70(58)77/h1-46H. The maximum Gasteiger partial charge on any atom is 0.161 e. The molecule has 0 saturated carbocycles. The van der Waals surface area contributed by atoms with Crippen LogP contribution in [0.25, 0.3) is 98.4 Å². The van der Waals surface area contributed by atoms with E-state index in [0.29, 0.717) is 0 Å².